The van der Waals surface area contributed by atoms with E-state index in [-0.39, 0.29) is 24.0 Å². The Bertz CT molecular complexity index is 530. The minimum atomic E-state index is -0.367. The minimum absolute atomic E-state index is 0.00496. The van der Waals surface area contributed by atoms with Gasteiger partial charge in [-0.05, 0) is 18.4 Å². The number of morpholine rings is 1. The predicted octanol–water partition coefficient (Wildman–Crippen LogP) is -0.198. The first kappa shape index (κ1) is 14.1. The summed E-state index contributed by atoms with van der Waals surface area (Å²) in [6.45, 7) is 1.96. The molecule has 2 fully saturated rings. The molecular formula is C14H20N4O3. The molecule has 21 heavy (non-hydrogen) atoms. The standard InChI is InChI=1S/C14H20N4O3/c1-17-9-14(21-8-13(17)20)4-5-18(10-14)12(19)3-2-11-6-15-16-7-11/h6-7H,2-5,8-10H2,1H3,(H,15,16)/t14-/m0/s1. The summed E-state index contributed by atoms with van der Waals surface area (Å²) in [4.78, 5) is 27.3. The van der Waals surface area contributed by atoms with Gasteiger partial charge in [0.2, 0.25) is 11.8 Å². The van der Waals surface area contributed by atoms with E-state index < -0.39 is 0 Å². The van der Waals surface area contributed by atoms with E-state index in [1.165, 1.54) is 0 Å². The van der Waals surface area contributed by atoms with Gasteiger partial charge in [0.15, 0.2) is 0 Å². The number of nitrogens with zero attached hydrogens (tertiary/aromatic N) is 3. The van der Waals surface area contributed by atoms with Crippen molar-refractivity contribution in [3.05, 3.63) is 18.0 Å². The molecule has 1 atom stereocenters. The molecule has 2 saturated heterocycles. The molecular weight excluding hydrogens is 272 g/mol. The van der Waals surface area contributed by atoms with Crippen LogP contribution in [0.3, 0.4) is 0 Å². The Morgan fingerprint density at radius 3 is 3.10 bits per heavy atom. The fourth-order valence-electron chi connectivity index (χ4n) is 3.02. The number of carbonyl (C=O) groups excluding carboxylic acids is 2. The number of H-pyrrole nitrogens is 1. The Kier molecular flexibility index (Phi) is 3.67. The maximum Gasteiger partial charge on any atom is 0.248 e. The van der Waals surface area contributed by atoms with Gasteiger partial charge in [0.1, 0.15) is 12.2 Å². The topological polar surface area (TPSA) is 78.5 Å². The second-order valence-corrected chi connectivity index (χ2v) is 5.89. The van der Waals surface area contributed by atoms with Gasteiger partial charge in [0, 0.05) is 26.2 Å². The number of aromatic amines is 1. The average Bonchev–Trinajstić information content (AvgIpc) is 3.11. The number of likely N-dealkylation sites (tertiary alicyclic amines) is 1. The highest BCUT2D eigenvalue weighted by Crippen LogP contribution is 2.29. The second kappa shape index (κ2) is 5.48. The molecule has 0 aliphatic carbocycles. The monoisotopic (exact) mass is 292 g/mol. The largest absolute Gasteiger partial charge is 0.361 e. The Morgan fingerprint density at radius 1 is 1.52 bits per heavy atom. The van der Waals surface area contributed by atoms with Crippen LogP contribution in [0.4, 0.5) is 0 Å². The summed E-state index contributed by atoms with van der Waals surface area (Å²) in [6.07, 6.45) is 5.51. The third-order valence-corrected chi connectivity index (χ3v) is 4.30. The molecule has 1 aromatic heterocycles. The average molecular weight is 292 g/mol. The van der Waals surface area contributed by atoms with Crippen LogP contribution in [0.5, 0.6) is 0 Å². The maximum absolute atomic E-state index is 12.3. The molecule has 0 bridgehead atoms. The summed E-state index contributed by atoms with van der Waals surface area (Å²) < 4.78 is 5.74. The molecule has 7 heteroatoms. The zero-order valence-corrected chi connectivity index (χ0v) is 12.2. The lowest BCUT2D eigenvalue weighted by Crippen LogP contribution is -2.54. The first-order valence-corrected chi connectivity index (χ1v) is 7.21. The number of ether oxygens (including phenoxy) is 1. The number of likely N-dealkylation sites (N-methyl/N-ethyl adjacent to an activating group) is 1. The third kappa shape index (κ3) is 2.92. The van der Waals surface area contributed by atoms with E-state index in [0.717, 1.165) is 12.0 Å². The number of hydrogen-bond acceptors (Lipinski definition) is 4. The van der Waals surface area contributed by atoms with Crippen molar-refractivity contribution in [1.29, 1.82) is 0 Å². The normalized spacial score (nSPS) is 25.9. The van der Waals surface area contributed by atoms with Gasteiger partial charge in [-0.15, -0.1) is 0 Å². The van der Waals surface area contributed by atoms with Gasteiger partial charge in [-0.2, -0.15) is 5.10 Å². The van der Waals surface area contributed by atoms with Crippen molar-refractivity contribution >= 4 is 11.8 Å². The quantitative estimate of drug-likeness (QED) is 0.837. The summed E-state index contributed by atoms with van der Waals surface area (Å²) in [5.41, 5.74) is 0.671. The van der Waals surface area contributed by atoms with Crippen molar-refractivity contribution in [3.8, 4) is 0 Å². The lowest BCUT2D eigenvalue weighted by molar-refractivity contribution is -0.159. The van der Waals surface area contributed by atoms with Gasteiger partial charge in [-0.25, -0.2) is 0 Å². The molecule has 2 aliphatic heterocycles. The van der Waals surface area contributed by atoms with Crippen LogP contribution in [0.2, 0.25) is 0 Å². The molecule has 7 nitrogen and oxygen atoms in total. The molecule has 1 aromatic rings. The van der Waals surface area contributed by atoms with Gasteiger partial charge < -0.3 is 14.5 Å². The fourth-order valence-corrected chi connectivity index (χ4v) is 3.02. The zero-order chi connectivity index (χ0) is 14.9. The van der Waals surface area contributed by atoms with Crippen molar-refractivity contribution in [2.24, 2.45) is 0 Å². The van der Waals surface area contributed by atoms with Crippen LogP contribution >= 0.6 is 0 Å². The number of aryl methyl sites for hydroxylation is 1. The summed E-state index contributed by atoms with van der Waals surface area (Å²) in [6, 6.07) is 0. The zero-order valence-electron chi connectivity index (χ0n) is 12.2. The number of amides is 2. The van der Waals surface area contributed by atoms with Gasteiger partial charge in [0.25, 0.3) is 0 Å². The van der Waals surface area contributed by atoms with Gasteiger partial charge in [-0.1, -0.05) is 0 Å². The molecule has 2 amide bonds. The molecule has 1 N–H and O–H groups in total. The lowest BCUT2D eigenvalue weighted by atomic mass is 10.0. The van der Waals surface area contributed by atoms with Crippen LogP contribution in [0.25, 0.3) is 0 Å². The van der Waals surface area contributed by atoms with Crippen LogP contribution in [0, 0.1) is 0 Å². The Morgan fingerprint density at radius 2 is 2.38 bits per heavy atom. The summed E-state index contributed by atoms with van der Waals surface area (Å²) >= 11 is 0. The van der Waals surface area contributed by atoms with Crippen LogP contribution in [0.15, 0.2) is 12.4 Å². The number of aromatic nitrogens is 2. The molecule has 3 rings (SSSR count). The smallest absolute Gasteiger partial charge is 0.248 e. The molecule has 3 heterocycles. The van der Waals surface area contributed by atoms with E-state index in [1.807, 2.05) is 11.1 Å². The second-order valence-electron chi connectivity index (χ2n) is 5.89. The van der Waals surface area contributed by atoms with Crippen molar-refractivity contribution < 1.29 is 14.3 Å². The van der Waals surface area contributed by atoms with Crippen LogP contribution in [0.1, 0.15) is 18.4 Å². The highest BCUT2D eigenvalue weighted by molar-refractivity contribution is 5.79. The Labute approximate surface area is 123 Å². The van der Waals surface area contributed by atoms with Crippen molar-refractivity contribution in [1.82, 2.24) is 20.0 Å². The van der Waals surface area contributed by atoms with E-state index in [2.05, 4.69) is 10.2 Å². The van der Waals surface area contributed by atoms with E-state index in [0.29, 0.717) is 32.5 Å². The van der Waals surface area contributed by atoms with Crippen LogP contribution in [-0.4, -0.2) is 70.7 Å². The number of nitrogens with one attached hydrogen (secondary N) is 1. The molecule has 0 saturated carbocycles. The van der Waals surface area contributed by atoms with E-state index >= 15 is 0 Å². The first-order valence-electron chi connectivity index (χ1n) is 7.21. The van der Waals surface area contributed by atoms with E-state index in [1.54, 1.807) is 18.1 Å². The number of rotatable bonds is 3. The fraction of sp³-hybridized carbons (Fsp3) is 0.643. The summed E-state index contributed by atoms with van der Waals surface area (Å²) in [5.74, 6) is 0.140. The van der Waals surface area contributed by atoms with Crippen LogP contribution in [-0.2, 0) is 20.7 Å². The van der Waals surface area contributed by atoms with Gasteiger partial charge in [0.05, 0.1) is 19.3 Å². The molecule has 0 radical (unpaired) electrons. The highest BCUT2D eigenvalue weighted by Gasteiger charge is 2.45. The van der Waals surface area contributed by atoms with E-state index in [4.69, 9.17) is 4.74 Å². The molecule has 0 unspecified atom stereocenters. The SMILES string of the molecule is CN1C[C@]2(CCN(C(=O)CCc3cn[nH]c3)C2)OCC1=O. The molecule has 0 aromatic carbocycles. The van der Waals surface area contributed by atoms with Crippen molar-refractivity contribution in [2.45, 2.75) is 24.9 Å². The summed E-state index contributed by atoms with van der Waals surface area (Å²) in [5, 5.41) is 6.62. The maximum atomic E-state index is 12.3. The third-order valence-electron chi connectivity index (χ3n) is 4.30. The molecule has 2 aliphatic rings. The Hall–Kier alpha value is -1.89. The first-order chi connectivity index (χ1) is 10.1. The Balaban J connectivity index is 1.54. The van der Waals surface area contributed by atoms with Gasteiger partial charge in [-0.3, -0.25) is 14.7 Å². The van der Waals surface area contributed by atoms with Crippen molar-refractivity contribution in [2.75, 3.05) is 33.3 Å². The number of carbonyl (C=O) groups is 2. The van der Waals surface area contributed by atoms with Gasteiger partial charge >= 0.3 is 0 Å². The summed E-state index contributed by atoms with van der Waals surface area (Å²) in [7, 11) is 1.79. The minimum Gasteiger partial charge on any atom is -0.361 e. The molecule has 114 valence electrons. The van der Waals surface area contributed by atoms with E-state index in [9.17, 15) is 9.59 Å². The highest BCUT2D eigenvalue weighted by atomic mass is 16.5. The lowest BCUT2D eigenvalue weighted by Gasteiger charge is -2.38. The predicted molar refractivity (Wildman–Crippen MR) is 74.4 cm³/mol. The number of hydrogen-bond donors (Lipinski definition) is 1. The van der Waals surface area contributed by atoms with Crippen LogP contribution < -0.4 is 0 Å². The molecule has 1 spiro atoms. The van der Waals surface area contributed by atoms with Crippen molar-refractivity contribution in [3.63, 3.8) is 0 Å².